The minimum Gasteiger partial charge on any atom is -0.460 e. The predicted octanol–water partition coefficient (Wildman–Crippen LogP) is 5.49. The van der Waals surface area contributed by atoms with E-state index in [1.807, 2.05) is 66.9 Å². The van der Waals surface area contributed by atoms with Crippen molar-refractivity contribution in [1.29, 1.82) is 0 Å². The Labute approximate surface area is 182 Å². The number of benzene rings is 2. The molecule has 31 heavy (non-hydrogen) atoms. The summed E-state index contributed by atoms with van der Waals surface area (Å²) in [6, 6.07) is 26.2. The fourth-order valence-electron chi connectivity index (χ4n) is 3.52. The highest BCUT2D eigenvalue weighted by Crippen LogP contribution is 2.27. The molecule has 4 rings (SSSR count). The van der Waals surface area contributed by atoms with Gasteiger partial charge in [0, 0.05) is 17.7 Å². The van der Waals surface area contributed by atoms with Crippen molar-refractivity contribution >= 4 is 5.97 Å². The molecule has 0 amide bonds. The number of nitrogens with zero attached hydrogens (tertiary/aromatic N) is 2. The van der Waals surface area contributed by atoms with E-state index in [9.17, 15) is 4.79 Å². The molecule has 0 saturated heterocycles. The van der Waals surface area contributed by atoms with Gasteiger partial charge >= 0.3 is 11.8 Å². The number of rotatable bonds is 5. The number of ether oxygens (including phenoxy) is 1. The van der Waals surface area contributed by atoms with Crippen LogP contribution in [0.1, 0.15) is 28.5 Å². The quantitative estimate of drug-likeness (QED) is 0.324. The van der Waals surface area contributed by atoms with Gasteiger partial charge in [0.05, 0.1) is 6.61 Å². The molecule has 0 unspecified atom stereocenters. The molecule has 4 heteroatoms. The minimum absolute atomic E-state index is 0.301. The van der Waals surface area contributed by atoms with Crippen molar-refractivity contribution in [2.75, 3.05) is 6.61 Å². The van der Waals surface area contributed by atoms with E-state index >= 15 is 0 Å². The van der Waals surface area contributed by atoms with E-state index in [2.05, 4.69) is 42.2 Å². The van der Waals surface area contributed by atoms with E-state index < -0.39 is 0 Å². The molecule has 4 nitrogen and oxygen atoms in total. The third kappa shape index (κ3) is 4.38. The second-order valence-electron chi connectivity index (χ2n) is 7.50. The molecule has 0 spiro atoms. The monoisotopic (exact) mass is 409 g/mol. The molecular weight excluding hydrogens is 384 g/mol. The second kappa shape index (κ2) is 8.92. The van der Waals surface area contributed by atoms with Gasteiger partial charge in [-0.3, -0.25) is 0 Å². The van der Waals surface area contributed by atoms with Gasteiger partial charge < -0.3 is 4.74 Å². The molecule has 2 aromatic heterocycles. The summed E-state index contributed by atoms with van der Waals surface area (Å²) in [5.41, 5.74) is 6.53. The average molecular weight is 410 g/mol. The summed E-state index contributed by atoms with van der Waals surface area (Å²) >= 11 is 0. The van der Waals surface area contributed by atoms with Gasteiger partial charge in [0.25, 0.3) is 0 Å². The standard InChI is InChI=1S/C27H25N2O2/c1-4-31-27(30)25-17-23(21-13-10-19(2)11-14-21)16-24(22-8-6-5-7-9-22)29(25)26-15-12-20(3)18-28-26/h5-18H,4H2,1-3H3/q+1. The molecule has 0 aliphatic heterocycles. The van der Waals surface area contributed by atoms with Gasteiger partial charge in [-0.1, -0.05) is 60.2 Å². The molecule has 2 aromatic carbocycles. The highest BCUT2D eigenvalue weighted by molar-refractivity contribution is 5.88. The van der Waals surface area contributed by atoms with Crippen LogP contribution in [0.2, 0.25) is 0 Å². The average Bonchev–Trinajstić information content (AvgIpc) is 2.80. The fourth-order valence-corrected chi connectivity index (χ4v) is 3.52. The summed E-state index contributed by atoms with van der Waals surface area (Å²) in [5.74, 6) is 0.291. The fraction of sp³-hybridized carbons (Fsp3) is 0.148. The van der Waals surface area contributed by atoms with Gasteiger partial charge in [-0.25, -0.2) is 4.79 Å². The Bertz CT molecular complexity index is 1200. The van der Waals surface area contributed by atoms with E-state index in [0.717, 1.165) is 27.9 Å². The maximum absolute atomic E-state index is 13.1. The Kier molecular flexibility index (Phi) is 5.89. The van der Waals surface area contributed by atoms with Crippen LogP contribution in [-0.4, -0.2) is 17.6 Å². The largest absolute Gasteiger partial charge is 0.460 e. The van der Waals surface area contributed by atoms with Crippen molar-refractivity contribution in [1.82, 2.24) is 4.98 Å². The van der Waals surface area contributed by atoms with Crippen molar-refractivity contribution in [3.63, 3.8) is 0 Å². The molecule has 0 radical (unpaired) electrons. The lowest BCUT2D eigenvalue weighted by molar-refractivity contribution is -0.591. The van der Waals surface area contributed by atoms with Crippen molar-refractivity contribution < 1.29 is 14.1 Å². The van der Waals surface area contributed by atoms with Crippen molar-refractivity contribution in [2.45, 2.75) is 20.8 Å². The van der Waals surface area contributed by atoms with E-state index in [4.69, 9.17) is 4.74 Å². The first-order valence-electron chi connectivity index (χ1n) is 10.4. The number of carbonyl (C=O) groups is 1. The van der Waals surface area contributed by atoms with Crippen LogP contribution >= 0.6 is 0 Å². The number of hydrogen-bond acceptors (Lipinski definition) is 3. The molecule has 0 saturated carbocycles. The number of aromatic nitrogens is 2. The molecule has 0 atom stereocenters. The Morgan fingerprint density at radius 3 is 2.19 bits per heavy atom. The van der Waals surface area contributed by atoms with Gasteiger partial charge in [-0.05, 0) is 54.6 Å². The summed E-state index contributed by atoms with van der Waals surface area (Å²) in [6.45, 7) is 6.17. The van der Waals surface area contributed by atoms with Gasteiger partial charge in [0.1, 0.15) is 11.9 Å². The highest BCUT2D eigenvalue weighted by Gasteiger charge is 2.26. The zero-order valence-corrected chi connectivity index (χ0v) is 18.0. The summed E-state index contributed by atoms with van der Waals surface area (Å²) in [4.78, 5) is 17.7. The zero-order chi connectivity index (χ0) is 21.8. The van der Waals surface area contributed by atoms with Crippen LogP contribution in [-0.2, 0) is 4.74 Å². The van der Waals surface area contributed by atoms with Crippen LogP contribution in [0.5, 0.6) is 0 Å². The third-order valence-corrected chi connectivity index (χ3v) is 5.13. The van der Waals surface area contributed by atoms with E-state index in [0.29, 0.717) is 18.1 Å². The van der Waals surface area contributed by atoms with E-state index in [1.54, 1.807) is 6.20 Å². The molecule has 154 valence electrons. The number of pyridine rings is 2. The van der Waals surface area contributed by atoms with Crippen molar-refractivity contribution in [2.24, 2.45) is 0 Å². The van der Waals surface area contributed by atoms with E-state index in [1.165, 1.54) is 5.56 Å². The molecule has 4 aromatic rings. The van der Waals surface area contributed by atoms with Crippen LogP contribution in [0.25, 0.3) is 28.2 Å². The molecule has 0 bridgehead atoms. The van der Waals surface area contributed by atoms with Crippen LogP contribution in [0.4, 0.5) is 0 Å². The maximum Gasteiger partial charge on any atom is 0.378 e. The zero-order valence-electron chi connectivity index (χ0n) is 18.0. The number of esters is 1. The second-order valence-corrected chi connectivity index (χ2v) is 7.50. The molecule has 0 aliphatic rings. The molecular formula is C27H25N2O2+. The lowest BCUT2D eigenvalue weighted by Crippen LogP contribution is -2.42. The van der Waals surface area contributed by atoms with Crippen LogP contribution in [0.15, 0.2) is 85.1 Å². The maximum atomic E-state index is 13.1. The van der Waals surface area contributed by atoms with Crippen molar-refractivity contribution in [3.8, 4) is 28.2 Å². The Hall–Kier alpha value is -3.79. The van der Waals surface area contributed by atoms with Gasteiger partial charge in [0.15, 0.2) is 0 Å². The Morgan fingerprint density at radius 1 is 0.839 bits per heavy atom. The molecule has 2 heterocycles. The summed E-state index contributed by atoms with van der Waals surface area (Å²) in [6.07, 6.45) is 1.81. The lowest BCUT2D eigenvalue weighted by Gasteiger charge is -2.14. The highest BCUT2D eigenvalue weighted by atomic mass is 16.5. The number of aryl methyl sites for hydroxylation is 2. The van der Waals surface area contributed by atoms with Gasteiger partial charge in [0.2, 0.25) is 5.69 Å². The predicted molar refractivity (Wildman–Crippen MR) is 122 cm³/mol. The van der Waals surface area contributed by atoms with Crippen LogP contribution in [0.3, 0.4) is 0 Å². The Morgan fingerprint density at radius 2 is 1.55 bits per heavy atom. The first-order valence-corrected chi connectivity index (χ1v) is 10.4. The van der Waals surface area contributed by atoms with Gasteiger partial charge in [-0.2, -0.15) is 4.57 Å². The topological polar surface area (TPSA) is 43.1 Å². The third-order valence-electron chi connectivity index (χ3n) is 5.13. The van der Waals surface area contributed by atoms with Crippen LogP contribution in [0, 0.1) is 13.8 Å². The normalized spacial score (nSPS) is 10.7. The molecule has 0 aliphatic carbocycles. The molecule has 0 fully saturated rings. The first-order chi connectivity index (χ1) is 15.1. The van der Waals surface area contributed by atoms with E-state index in [-0.39, 0.29) is 5.97 Å². The SMILES string of the molecule is CCOC(=O)c1cc(-c2ccc(C)cc2)cc(-c2ccccc2)[n+]1-c1ccc(C)cn1. The smallest absolute Gasteiger partial charge is 0.378 e. The minimum atomic E-state index is -0.379. The Balaban J connectivity index is 2.04. The first kappa shape index (κ1) is 20.5. The van der Waals surface area contributed by atoms with Crippen molar-refractivity contribution in [3.05, 3.63) is 102 Å². The summed E-state index contributed by atoms with van der Waals surface area (Å²) in [5, 5.41) is 0. The number of carbonyl (C=O) groups excluding carboxylic acids is 1. The summed E-state index contributed by atoms with van der Waals surface area (Å²) < 4.78 is 7.31. The van der Waals surface area contributed by atoms with Crippen LogP contribution < -0.4 is 4.57 Å². The molecule has 0 N–H and O–H groups in total. The lowest BCUT2D eigenvalue weighted by atomic mass is 10.00. The number of hydrogen-bond donors (Lipinski definition) is 0. The van der Waals surface area contributed by atoms with Gasteiger partial charge in [-0.15, -0.1) is 0 Å². The summed E-state index contributed by atoms with van der Waals surface area (Å²) in [7, 11) is 0.